The third kappa shape index (κ3) is 9.91. The van der Waals surface area contributed by atoms with Crippen LogP contribution < -0.4 is 0 Å². The van der Waals surface area contributed by atoms with E-state index >= 15 is 0 Å². The van der Waals surface area contributed by atoms with Gasteiger partial charge in [0, 0.05) is 18.0 Å². The fourth-order valence-electron chi connectivity index (χ4n) is 3.08. The molecule has 0 radical (unpaired) electrons. The number of carbonyl (C=O) groups excluding carboxylic acids is 1. The average Bonchev–Trinajstić information content (AvgIpc) is 2.55. The van der Waals surface area contributed by atoms with E-state index in [0.29, 0.717) is 6.42 Å². The molecule has 0 aromatic carbocycles. The fourth-order valence-corrected chi connectivity index (χ4v) is 3.08. The maximum absolute atomic E-state index is 12.1. The van der Waals surface area contributed by atoms with E-state index in [1.54, 1.807) is 13.2 Å². The second-order valence-corrected chi connectivity index (χ2v) is 8.98. The van der Waals surface area contributed by atoms with E-state index in [1.807, 2.05) is 32.8 Å². The summed E-state index contributed by atoms with van der Waals surface area (Å²) in [6.45, 7) is 14.5. The van der Waals surface area contributed by atoms with Crippen molar-refractivity contribution >= 4 is 11.9 Å². The molecule has 0 bridgehead atoms. The van der Waals surface area contributed by atoms with E-state index in [0.717, 1.165) is 25.7 Å². The number of ether oxygens (including phenoxy) is 1. The third-order valence-corrected chi connectivity index (χ3v) is 4.86. The molecular weight excluding hydrogens is 346 g/mol. The fraction of sp³-hybridized carbons (Fsp3) is 0.810. The molecule has 0 atom stereocenters. The molecule has 27 heavy (non-hydrogen) atoms. The minimum absolute atomic E-state index is 0.167. The average molecular weight is 386 g/mol. The number of aliphatic carboxylic acids is 1. The molecule has 0 aliphatic heterocycles. The second-order valence-electron chi connectivity index (χ2n) is 8.98. The Kier molecular flexibility index (Phi) is 10.3. The lowest BCUT2D eigenvalue weighted by Crippen LogP contribution is -2.56. The van der Waals surface area contributed by atoms with Gasteiger partial charge in [-0.3, -0.25) is 4.79 Å². The Labute approximate surface area is 164 Å². The van der Waals surface area contributed by atoms with Crippen molar-refractivity contribution in [2.75, 3.05) is 13.7 Å². The largest absolute Gasteiger partial charge is 0.478 e. The lowest BCUT2D eigenvalue weighted by atomic mass is 9.86. The molecule has 6 nitrogen and oxygen atoms in total. The SMILES string of the molecule is CCC(C)(C)N(OC)C(C)(C)COC(=O)CCCCC(C)(C)/C=C/C(=O)O. The van der Waals surface area contributed by atoms with Crippen LogP contribution >= 0.6 is 0 Å². The lowest BCUT2D eigenvalue weighted by Gasteiger charge is -2.45. The Balaban J connectivity index is 4.38. The second kappa shape index (κ2) is 10.8. The number of allylic oxidation sites excluding steroid dienone is 1. The van der Waals surface area contributed by atoms with Gasteiger partial charge in [0.15, 0.2) is 0 Å². The van der Waals surface area contributed by atoms with E-state index in [9.17, 15) is 9.59 Å². The number of hydrogen-bond acceptors (Lipinski definition) is 5. The van der Waals surface area contributed by atoms with Crippen LogP contribution in [0.2, 0.25) is 0 Å². The normalized spacial score (nSPS) is 13.4. The lowest BCUT2D eigenvalue weighted by molar-refractivity contribution is -0.257. The van der Waals surface area contributed by atoms with E-state index in [-0.39, 0.29) is 23.5 Å². The van der Waals surface area contributed by atoms with Gasteiger partial charge >= 0.3 is 11.9 Å². The zero-order valence-electron chi connectivity index (χ0n) is 18.4. The zero-order chi connectivity index (χ0) is 21.3. The van der Waals surface area contributed by atoms with Crippen LogP contribution in [-0.4, -0.2) is 46.9 Å². The molecule has 0 rings (SSSR count). The summed E-state index contributed by atoms with van der Waals surface area (Å²) in [4.78, 5) is 28.3. The molecule has 0 saturated carbocycles. The van der Waals surface area contributed by atoms with Crippen molar-refractivity contribution in [1.29, 1.82) is 0 Å². The minimum atomic E-state index is -0.939. The summed E-state index contributed by atoms with van der Waals surface area (Å²) >= 11 is 0. The molecule has 0 saturated heterocycles. The predicted octanol–water partition coefficient (Wildman–Crippen LogP) is 4.59. The first kappa shape index (κ1) is 25.6. The van der Waals surface area contributed by atoms with E-state index in [1.165, 1.54) is 6.08 Å². The van der Waals surface area contributed by atoms with E-state index < -0.39 is 11.5 Å². The van der Waals surface area contributed by atoms with Gasteiger partial charge in [-0.15, -0.1) is 0 Å². The van der Waals surface area contributed by atoms with Gasteiger partial charge in [-0.1, -0.05) is 33.3 Å². The van der Waals surface area contributed by atoms with Gasteiger partial charge in [-0.05, 0) is 52.4 Å². The Hall–Kier alpha value is -1.40. The van der Waals surface area contributed by atoms with Gasteiger partial charge < -0.3 is 14.7 Å². The maximum atomic E-state index is 12.1. The van der Waals surface area contributed by atoms with Crippen LogP contribution in [0.15, 0.2) is 12.2 Å². The number of rotatable bonds is 13. The highest BCUT2D eigenvalue weighted by molar-refractivity contribution is 5.79. The van der Waals surface area contributed by atoms with Crippen molar-refractivity contribution in [3.05, 3.63) is 12.2 Å². The van der Waals surface area contributed by atoms with Crippen LogP contribution in [0, 0.1) is 5.41 Å². The topological polar surface area (TPSA) is 76.1 Å². The van der Waals surface area contributed by atoms with Gasteiger partial charge in [0.1, 0.15) is 6.61 Å². The zero-order valence-corrected chi connectivity index (χ0v) is 18.4. The molecular formula is C21H39NO5. The minimum Gasteiger partial charge on any atom is -0.478 e. The summed E-state index contributed by atoms with van der Waals surface area (Å²) in [5.74, 6) is -1.15. The van der Waals surface area contributed by atoms with Gasteiger partial charge in [-0.25, -0.2) is 4.79 Å². The number of unbranched alkanes of at least 4 members (excludes halogenated alkanes) is 1. The molecule has 158 valence electrons. The van der Waals surface area contributed by atoms with Gasteiger partial charge in [-0.2, -0.15) is 5.06 Å². The summed E-state index contributed by atoms with van der Waals surface area (Å²) in [5, 5.41) is 10.6. The van der Waals surface area contributed by atoms with E-state index in [4.69, 9.17) is 14.7 Å². The first-order chi connectivity index (χ1) is 12.3. The molecule has 0 fully saturated rings. The first-order valence-corrected chi connectivity index (χ1v) is 9.69. The Morgan fingerprint density at radius 1 is 1.04 bits per heavy atom. The predicted molar refractivity (Wildman–Crippen MR) is 107 cm³/mol. The van der Waals surface area contributed by atoms with Crippen molar-refractivity contribution in [1.82, 2.24) is 5.06 Å². The van der Waals surface area contributed by atoms with Crippen molar-refractivity contribution in [2.24, 2.45) is 5.41 Å². The van der Waals surface area contributed by atoms with Crippen molar-refractivity contribution in [3.8, 4) is 0 Å². The Morgan fingerprint density at radius 3 is 2.11 bits per heavy atom. The summed E-state index contributed by atoms with van der Waals surface area (Å²) in [5.41, 5.74) is -0.803. The molecule has 0 heterocycles. The molecule has 0 aliphatic carbocycles. The molecule has 0 aliphatic rings. The van der Waals surface area contributed by atoms with Crippen molar-refractivity contribution in [2.45, 2.75) is 91.6 Å². The molecule has 0 aromatic rings. The number of nitrogens with zero attached hydrogens (tertiary/aromatic N) is 1. The van der Waals surface area contributed by atoms with Gasteiger partial charge in [0.2, 0.25) is 0 Å². The molecule has 0 aromatic heterocycles. The summed E-state index contributed by atoms with van der Waals surface area (Å²) in [7, 11) is 1.64. The molecule has 0 amide bonds. The van der Waals surface area contributed by atoms with E-state index in [2.05, 4.69) is 20.8 Å². The van der Waals surface area contributed by atoms with Gasteiger partial charge in [0.05, 0.1) is 12.6 Å². The number of carboxylic acids is 1. The van der Waals surface area contributed by atoms with Crippen LogP contribution in [-0.2, 0) is 19.2 Å². The number of hydroxylamine groups is 2. The quantitative estimate of drug-likeness (QED) is 0.216. The standard InChI is InChI=1S/C21H39NO5/c1-9-20(4,5)22(26-8)21(6,7)16-27-18(25)12-10-11-14-19(2,3)15-13-17(23)24/h13,15H,9-12,14,16H2,1-8H3,(H,23,24)/b15-13+. The Bertz CT molecular complexity index is 509. The highest BCUT2D eigenvalue weighted by Gasteiger charge is 2.38. The van der Waals surface area contributed by atoms with Crippen LogP contribution in [0.5, 0.6) is 0 Å². The summed E-state index contributed by atoms with van der Waals surface area (Å²) < 4.78 is 5.49. The highest BCUT2D eigenvalue weighted by Crippen LogP contribution is 2.28. The monoisotopic (exact) mass is 385 g/mol. The number of carbonyl (C=O) groups is 2. The number of carboxylic acid groups (broad SMARTS) is 1. The van der Waals surface area contributed by atoms with Crippen molar-refractivity contribution < 1.29 is 24.3 Å². The molecule has 6 heteroatoms. The summed E-state index contributed by atoms with van der Waals surface area (Å²) in [6.07, 6.45) is 6.52. The van der Waals surface area contributed by atoms with Crippen molar-refractivity contribution in [3.63, 3.8) is 0 Å². The van der Waals surface area contributed by atoms with Crippen LogP contribution in [0.25, 0.3) is 0 Å². The maximum Gasteiger partial charge on any atom is 0.327 e. The van der Waals surface area contributed by atoms with Gasteiger partial charge in [0.25, 0.3) is 0 Å². The van der Waals surface area contributed by atoms with Crippen LogP contribution in [0.4, 0.5) is 0 Å². The molecule has 0 spiro atoms. The van der Waals surface area contributed by atoms with Crippen LogP contribution in [0.1, 0.15) is 80.6 Å². The number of esters is 1. The number of hydrogen-bond donors (Lipinski definition) is 1. The molecule has 1 N–H and O–H groups in total. The smallest absolute Gasteiger partial charge is 0.327 e. The van der Waals surface area contributed by atoms with Crippen LogP contribution in [0.3, 0.4) is 0 Å². The highest BCUT2D eigenvalue weighted by atomic mass is 16.7. The molecule has 0 unspecified atom stereocenters. The summed E-state index contributed by atoms with van der Waals surface area (Å²) in [6, 6.07) is 0. The first-order valence-electron chi connectivity index (χ1n) is 9.69. The third-order valence-electron chi connectivity index (χ3n) is 4.86. The Morgan fingerprint density at radius 2 is 1.63 bits per heavy atom.